The molecule has 0 amide bonds. The molecule has 1 N–H and O–H groups in total. The molecule has 0 saturated carbocycles. The largest absolute Gasteiger partial charge is 0.381 e. The van der Waals surface area contributed by atoms with Gasteiger partial charge in [-0.3, -0.25) is 4.99 Å². The number of hydrogen-bond acceptors (Lipinski definition) is 5. The van der Waals surface area contributed by atoms with Crippen LogP contribution in [0.25, 0.3) is 0 Å². The van der Waals surface area contributed by atoms with E-state index in [0.717, 1.165) is 48.4 Å². The minimum Gasteiger partial charge on any atom is -0.381 e. The summed E-state index contributed by atoms with van der Waals surface area (Å²) in [4.78, 5) is 9.25. The van der Waals surface area contributed by atoms with Crippen LogP contribution in [-0.2, 0) is 4.74 Å². The average molecular weight is 297 g/mol. The van der Waals surface area contributed by atoms with E-state index in [9.17, 15) is 0 Å². The first-order valence-corrected chi connectivity index (χ1v) is 8.64. The van der Waals surface area contributed by atoms with Crippen LogP contribution in [0.3, 0.4) is 0 Å². The van der Waals surface area contributed by atoms with Crippen molar-refractivity contribution in [3.63, 3.8) is 0 Å². The zero-order chi connectivity index (χ0) is 13.1. The predicted octanol–water partition coefficient (Wildman–Crippen LogP) is 2.84. The molecule has 0 aliphatic carbocycles. The Morgan fingerprint density at radius 1 is 1.53 bits per heavy atom. The quantitative estimate of drug-likeness (QED) is 0.932. The minimum absolute atomic E-state index is 0.199. The van der Waals surface area contributed by atoms with Gasteiger partial charge in [0.25, 0.3) is 0 Å². The van der Waals surface area contributed by atoms with Crippen LogP contribution >= 0.6 is 23.1 Å². The summed E-state index contributed by atoms with van der Waals surface area (Å²) in [5, 5.41) is 7.87. The molecule has 4 nitrogen and oxygen atoms in total. The fraction of sp³-hybridized carbons (Fsp3) is 0.692. The lowest BCUT2D eigenvalue weighted by Gasteiger charge is -2.32. The van der Waals surface area contributed by atoms with Gasteiger partial charge in [0.1, 0.15) is 11.0 Å². The molecule has 2 aliphatic heterocycles. The SMILES string of the molecule is CCC(N=C1NC2(CCOCC2)CS1)c1nccs1. The van der Waals surface area contributed by atoms with Crippen molar-refractivity contribution in [2.45, 2.75) is 37.8 Å². The third kappa shape index (κ3) is 2.95. The van der Waals surface area contributed by atoms with E-state index >= 15 is 0 Å². The van der Waals surface area contributed by atoms with Crippen LogP contribution in [0, 0.1) is 0 Å². The van der Waals surface area contributed by atoms with Gasteiger partial charge in [0.05, 0.1) is 5.54 Å². The molecule has 3 rings (SSSR count). The van der Waals surface area contributed by atoms with Crippen molar-refractivity contribution in [2.24, 2.45) is 4.99 Å². The van der Waals surface area contributed by atoms with Crippen LogP contribution in [0.4, 0.5) is 0 Å². The van der Waals surface area contributed by atoms with Gasteiger partial charge in [-0.25, -0.2) is 4.98 Å². The Bertz CT molecular complexity index is 441. The van der Waals surface area contributed by atoms with Crippen molar-refractivity contribution in [3.8, 4) is 0 Å². The summed E-state index contributed by atoms with van der Waals surface area (Å²) < 4.78 is 5.46. The highest BCUT2D eigenvalue weighted by molar-refractivity contribution is 8.14. The second-order valence-electron chi connectivity index (χ2n) is 5.04. The van der Waals surface area contributed by atoms with Gasteiger partial charge in [0, 0.05) is 30.5 Å². The molecule has 104 valence electrons. The maximum absolute atomic E-state index is 5.46. The van der Waals surface area contributed by atoms with E-state index in [2.05, 4.69) is 17.2 Å². The zero-order valence-corrected chi connectivity index (χ0v) is 12.7. The van der Waals surface area contributed by atoms with E-state index in [4.69, 9.17) is 9.73 Å². The van der Waals surface area contributed by atoms with E-state index in [1.165, 1.54) is 0 Å². The minimum atomic E-state index is 0.199. The molecule has 1 atom stereocenters. The first kappa shape index (κ1) is 13.4. The number of rotatable bonds is 3. The lowest BCUT2D eigenvalue weighted by atomic mass is 9.93. The Morgan fingerprint density at radius 2 is 2.37 bits per heavy atom. The van der Waals surface area contributed by atoms with Gasteiger partial charge in [-0.1, -0.05) is 18.7 Å². The van der Waals surface area contributed by atoms with Crippen LogP contribution < -0.4 is 5.32 Å². The first-order valence-electron chi connectivity index (χ1n) is 6.77. The lowest BCUT2D eigenvalue weighted by molar-refractivity contribution is 0.0555. The van der Waals surface area contributed by atoms with Gasteiger partial charge in [-0.05, 0) is 19.3 Å². The Kier molecular flexibility index (Phi) is 4.10. The maximum atomic E-state index is 5.46. The van der Waals surface area contributed by atoms with E-state index in [-0.39, 0.29) is 11.6 Å². The third-order valence-corrected chi connectivity index (χ3v) is 5.76. The standard InChI is InChI=1S/C13H19N3OS2/c1-2-10(11-14-5-8-18-11)15-12-16-13(9-19-12)3-6-17-7-4-13/h5,8,10H,2-4,6-7,9H2,1H3,(H,15,16). The molecule has 19 heavy (non-hydrogen) atoms. The number of ether oxygens (including phenoxy) is 1. The van der Waals surface area contributed by atoms with Gasteiger partial charge in [-0.2, -0.15) is 0 Å². The number of hydrogen-bond donors (Lipinski definition) is 1. The molecule has 0 aromatic carbocycles. The molecule has 1 spiro atoms. The fourth-order valence-electron chi connectivity index (χ4n) is 2.47. The Morgan fingerprint density at radius 3 is 3.05 bits per heavy atom. The summed E-state index contributed by atoms with van der Waals surface area (Å²) in [7, 11) is 0. The number of thioether (sulfide) groups is 1. The summed E-state index contributed by atoms with van der Waals surface area (Å²) in [6.07, 6.45) is 5.04. The maximum Gasteiger partial charge on any atom is 0.157 e. The van der Waals surface area contributed by atoms with Crippen molar-refractivity contribution < 1.29 is 4.74 Å². The third-order valence-electron chi connectivity index (χ3n) is 3.70. The van der Waals surface area contributed by atoms with Crippen LogP contribution in [-0.4, -0.2) is 34.7 Å². The monoisotopic (exact) mass is 297 g/mol. The summed E-state index contributed by atoms with van der Waals surface area (Å²) in [5.41, 5.74) is 0.225. The highest BCUT2D eigenvalue weighted by atomic mass is 32.2. The molecule has 1 aromatic heterocycles. The highest BCUT2D eigenvalue weighted by Crippen LogP contribution is 2.33. The number of thiazole rings is 1. The van der Waals surface area contributed by atoms with Crippen molar-refractivity contribution in [3.05, 3.63) is 16.6 Å². The topological polar surface area (TPSA) is 46.5 Å². The van der Waals surface area contributed by atoms with E-state index in [0.29, 0.717) is 0 Å². The van der Waals surface area contributed by atoms with E-state index in [1.54, 1.807) is 11.3 Å². The van der Waals surface area contributed by atoms with Gasteiger partial charge < -0.3 is 10.1 Å². The smallest absolute Gasteiger partial charge is 0.157 e. The predicted molar refractivity (Wildman–Crippen MR) is 81.0 cm³/mol. The molecule has 2 aliphatic rings. The average Bonchev–Trinajstić information content (AvgIpc) is 3.08. The molecule has 1 aromatic rings. The molecule has 0 radical (unpaired) electrons. The van der Waals surface area contributed by atoms with Gasteiger partial charge in [0.15, 0.2) is 5.17 Å². The highest BCUT2D eigenvalue weighted by Gasteiger charge is 2.38. The number of amidine groups is 1. The molecule has 6 heteroatoms. The normalized spacial score (nSPS) is 25.6. The number of aliphatic imine (C=N–C) groups is 1. The van der Waals surface area contributed by atoms with E-state index in [1.807, 2.05) is 23.3 Å². The van der Waals surface area contributed by atoms with E-state index < -0.39 is 0 Å². The number of nitrogens with one attached hydrogen (secondary N) is 1. The molecule has 1 unspecified atom stereocenters. The van der Waals surface area contributed by atoms with Crippen molar-refractivity contribution in [1.82, 2.24) is 10.3 Å². The summed E-state index contributed by atoms with van der Waals surface area (Å²) in [6.45, 7) is 3.90. The number of nitrogens with zero attached hydrogens (tertiary/aromatic N) is 2. The van der Waals surface area contributed by atoms with Crippen molar-refractivity contribution >= 4 is 28.3 Å². The molecule has 3 heterocycles. The molecular weight excluding hydrogens is 278 g/mol. The Labute approximate surface area is 122 Å². The summed E-state index contributed by atoms with van der Waals surface area (Å²) in [5.74, 6) is 1.11. The van der Waals surface area contributed by atoms with Crippen LogP contribution in [0.15, 0.2) is 16.6 Å². The Hall–Kier alpha value is -0.590. The molecule has 2 saturated heterocycles. The second-order valence-corrected chi connectivity index (χ2v) is 6.93. The van der Waals surface area contributed by atoms with Gasteiger partial charge >= 0.3 is 0 Å². The lowest BCUT2D eigenvalue weighted by Crippen LogP contribution is -2.48. The second kappa shape index (κ2) is 5.81. The molecule has 0 bridgehead atoms. The summed E-state index contributed by atoms with van der Waals surface area (Å²) in [6, 6.07) is 0.199. The first-order chi connectivity index (χ1) is 9.31. The van der Waals surface area contributed by atoms with Gasteiger partial charge in [0.2, 0.25) is 0 Å². The molecular formula is C13H19N3OS2. The fourth-order valence-corrected chi connectivity index (χ4v) is 4.49. The number of aromatic nitrogens is 1. The van der Waals surface area contributed by atoms with Crippen LogP contribution in [0.1, 0.15) is 37.2 Å². The van der Waals surface area contributed by atoms with Crippen molar-refractivity contribution in [1.29, 1.82) is 0 Å². The van der Waals surface area contributed by atoms with Crippen molar-refractivity contribution in [2.75, 3.05) is 19.0 Å². The molecule has 2 fully saturated rings. The van der Waals surface area contributed by atoms with Crippen LogP contribution in [0.5, 0.6) is 0 Å². The van der Waals surface area contributed by atoms with Crippen LogP contribution in [0.2, 0.25) is 0 Å². The Balaban J connectivity index is 1.70. The summed E-state index contributed by atoms with van der Waals surface area (Å²) >= 11 is 3.54. The zero-order valence-electron chi connectivity index (χ0n) is 11.1. The van der Waals surface area contributed by atoms with Gasteiger partial charge in [-0.15, -0.1) is 11.3 Å².